The molecule has 0 bridgehead atoms. The molecule has 0 saturated carbocycles. The second kappa shape index (κ2) is 39.8. The zero-order valence-corrected chi connectivity index (χ0v) is 86.0. The number of benzene rings is 6. The first-order chi connectivity index (χ1) is 52.3. The first-order valence-electron chi connectivity index (χ1n) is 42.5. The number of rotatable bonds is 18. The zero-order chi connectivity index (χ0) is 90.6. The molecule has 0 aliphatic carbocycles. The van der Waals surface area contributed by atoms with Crippen molar-refractivity contribution in [1.82, 2.24) is 0 Å². The summed E-state index contributed by atoms with van der Waals surface area (Å²) in [5, 5.41) is 79.6. The van der Waals surface area contributed by atoms with Crippen molar-refractivity contribution in [3.8, 4) is 34.5 Å². The van der Waals surface area contributed by atoms with Crippen molar-refractivity contribution in [2.45, 2.75) is 356 Å². The quantitative estimate of drug-likeness (QED) is 0.0763. The Kier molecular flexibility index (Phi) is 36.4. The molecule has 0 saturated heterocycles. The van der Waals surface area contributed by atoms with Crippen molar-refractivity contribution in [3.05, 3.63) is 173 Å². The number of hydrogen-bond acceptors (Lipinski definition) is 12. The predicted octanol–water partition coefficient (Wildman–Crippen LogP) is 22.8. The fourth-order valence-corrected chi connectivity index (χ4v) is 12.9. The van der Waals surface area contributed by atoms with E-state index in [4.69, 9.17) is 30.0 Å². The van der Waals surface area contributed by atoms with E-state index in [9.17, 15) is 30.6 Å². The molecule has 0 atom stereocenters. The second-order valence-corrected chi connectivity index (χ2v) is 48.0. The molecule has 0 N–H and O–H groups in total. The van der Waals surface area contributed by atoms with Crippen LogP contribution >= 0.6 is 0 Å². The summed E-state index contributed by atoms with van der Waals surface area (Å²) in [6.45, 7) is 92.1. The van der Waals surface area contributed by atoms with Gasteiger partial charge in [-0.25, -0.2) is 0 Å². The molecular weight excluding hydrogens is 1530 g/mol. The Hall–Kier alpha value is -6.12. The molecule has 6 aromatic rings. The van der Waals surface area contributed by atoms with Gasteiger partial charge in [-0.15, -0.1) is 0 Å². The molecule has 0 amide bonds. The van der Waals surface area contributed by atoms with Crippen LogP contribution in [0.25, 0.3) is 0 Å². The maximum absolute atomic E-state index is 13.3. The molecule has 6 rings (SSSR count). The van der Waals surface area contributed by atoms with Gasteiger partial charge in [0.25, 0.3) is 0 Å². The van der Waals surface area contributed by atoms with Crippen LogP contribution in [0.3, 0.4) is 0 Å². The molecule has 0 aromatic heterocycles. The third-order valence-electron chi connectivity index (χ3n) is 21.2. The molecule has 0 aliphatic heterocycles. The van der Waals surface area contributed by atoms with Crippen molar-refractivity contribution >= 4 is 37.3 Å². The van der Waals surface area contributed by atoms with Gasteiger partial charge in [0, 0.05) is 92.8 Å². The molecule has 6 aromatic carbocycles. The van der Waals surface area contributed by atoms with E-state index in [1.165, 1.54) is 0 Å². The second-order valence-electron chi connectivity index (χ2n) is 48.0. The molecule has 0 fully saturated rings. The molecule has 119 heavy (non-hydrogen) atoms. The Balaban J connectivity index is 0.000000600. The van der Waals surface area contributed by atoms with Gasteiger partial charge in [0.1, 0.15) is 0 Å². The first-order valence-corrected chi connectivity index (χ1v) is 42.5. The van der Waals surface area contributed by atoms with E-state index in [0.29, 0.717) is 72.6 Å². The third kappa shape index (κ3) is 32.5. The summed E-state index contributed by atoms with van der Waals surface area (Å²) in [6, 6.07) is 24.2. The molecule has 0 unspecified atom stereocenters. The van der Waals surface area contributed by atoms with Crippen LogP contribution in [0.2, 0.25) is 0 Å². The van der Waals surface area contributed by atoms with Gasteiger partial charge in [-0.3, -0.25) is 30.0 Å². The smallest absolute Gasteiger partial charge is 0.872 e. The van der Waals surface area contributed by atoms with E-state index in [2.05, 4.69) is 327 Å². The summed E-state index contributed by atoms with van der Waals surface area (Å²) in [4.78, 5) is 28.2. The average Bonchev–Trinajstić information content (AvgIpc) is 0.817. The van der Waals surface area contributed by atoms with Crippen molar-refractivity contribution in [2.24, 2.45) is 46.2 Å². The predicted molar refractivity (Wildman–Crippen MR) is 496 cm³/mol. The molecule has 0 heterocycles. The summed E-state index contributed by atoms with van der Waals surface area (Å²) in [5.41, 5.74) is 13.0. The van der Waals surface area contributed by atoms with Crippen LogP contribution in [-0.2, 0) is 117 Å². The maximum atomic E-state index is 13.3. The van der Waals surface area contributed by atoms with Gasteiger partial charge in [-0.05, 0) is 165 Å². The van der Waals surface area contributed by atoms with Gasteiger partial charge < -0.3 is 30.6 Å². The SMILES string of the molecule is CC(C)(CN=Cc1cc(C(C)(C)C)cc(C(C)(C)C)c1[O-])CN=Cc1cc(C(C)(C)C)cc(C(C)(C)C)c1[O-].CC(C)(CN=Cc1cc(C(C)(C)C)cc(C(C)(C)C)c1[O-])CN=Cc1cc(C(C)(C)C)cc(C(C)(C)C)c1[O-].CC(C)(CN=Cc1cc(C(C)(C)C)cc(C(C)(C)C)c1[O-])CN=Cc1cc(C(C)(C)C)cc(C(C)(C)C)c1[O-].[Sc+3].[Sc+3]. The minimum Gasteiger partial charge on any atom is -0.872 e. The third-order valence-corrected chi connectivity index (χ3v) is 21.2. The van der Waals surface area contributed by atoms with Crippen LogP contribution in [0.15, 0.2) is 103 Å². The average molecular weight is 1690 g/mol. The van der Waals surface area contributed by atoms with Crippen LogP contribution in [0.1, 0.15) is 391 Å². The van der Waals surface area contributed by atoms with Crippen molar-refractivity contribution in [1.29, 1.82) is 0 Å². The van der Waals surface area contributed by atoms with Crippen LogP contribution in [0, 0.1) is 16.2 Å². The molecule has 0 spiro atoms. The number of hydrogen-bond donors (Lipinski definition) is 0. The normalized spacial score (nSPS) is 13.9. The Morgan fingerprint density at radius 2 is 0.277 bits per heavy atom. The Morgan fingerprint density at radius 1 is 0.176 bits per heavy atom. The molecule has 648 valence electrons. The largest absolute Gasteiger partial charge is 3.00 e. The minimum atomic E-state index is -0.244. The number of nitrogens with zero attached hydrogens (tertiary/aromatic N) is 6. The first kappa shape index (κ1) is 109. The van der Waals surface area contributed by atoms with Gasteiger partial charge in [0.2, 0.25) is 0 Å². The van der Waals surface area contributed by atoms with Crippen LogP contribution < -0.4 is 30.6 Å². The standard InChI is InChI=1S/3C35H54N2O2.2Sc/c3*1-31(2,3)25-15-23(29(38)27(17-25)33(7,8)9)19-36-21-35(13,14)22-37-20-24-16-26(32(4,5)6)18-28(30(24)39)34(10,11)12;;/h3*15-20,38-39H,21-22H2,1-14H3;;/q;;;2*+3/p-6. The molecule has 0 radical (unpaired) electrons. The van der Waals surface area contributed by atoms with E-state index in [0.717, 1.165) is 66.8 Å². The fourth-order valence-electron chi connectivity index (χ4n) is 12.9. The van der Waals surface area contributed by atoms with Crippen LogP contribution in [-0.4, -0.2) is 76.6 Å². The number of aliphatic imine (C=N–C) groups is 6. The minimum absolute atomic E-state index is 0. The van der Waals surface area contributed by atoms with Crippen LogP contribution in [0.4, 0.5) is 0 Å². The molecule has 12 nitrogen and oxygen atoms in total. The van der Waals surface area contributed by atoms with Crippen molar-refractivity contribution in [2.75, 3.05) is 39.3 Å². The van der Waals surface area contributed by atoms with E-state index in [1.807, 2.05) is 36.4 Å². The summed E-state index contributed by atoms with van der Waals surface area (Å²) < 4.78 is 0. The Bertz CT molecular complexity index is 3860. The Morgan fingerprint density at radius 3 is 0.361 bits per heavy atom. The van der Waals surface area contributed by atoms with Gasteiger partial charge >= 0.3 is 51.7 Å². The van der Waals surface area contributed by atoms with E-state index in [1.54, 1.807) is 37.3 Å². The summed E-state index contributed by atoms with van der Waals surface area (Å²) >= 11 is 0. The zero-order valence-electron chi connectivity index (χ0n) is 82.4. The van der Waals surface area contributed by atoms with E-state index in [-0.39, 0.29) is 167 Å². The van der Waals surface area contributed by atoms with Gasteiger partial charge in [-0.2, -0.15) is 0 Å². The molecular formula is C105H156N6O6Sc2. The fraction of sp³-hybridized carbons (Fsp3) is 0.600. The molecule has 0 aliphatic rings. The van der Waals surface area contributed by atoms with Gasteiger partial charge in [-0.1, -0.05) is 398 Å². The maximum Gasteiger partial charge on any atom is 3.00 e. The topological polar surface area (TPSA) is 213 Å². The Labute approximate surface area is 762 Å². The van der Waals surface area contributed by atoms with Gasteiger partial charge in [0.15, 0.2) is 0 Å². The van der Waals surface area contributed by atoms with Crippen molar-refractivity contribution in [3.63, 3.8) is 0 Å². The van der Waals surface area contributed by atoms with Crippen LogP contribution in [0.5, 0.6) is 34.5 Å². The monoisotopic (exact) mass is 1690 g/mol. The van der Waals surface area contributed by atoms with E-state index < -0.39 is 0 Å². The summed E-state index contributed by atoms with van der Waals surface area (Å²) in [5.74, 6) is 0.286. The van der Waals surface area contributed by atoms with Crippen molar-refractivity contribution < 1.29 is 82.3 Å². The van der Waals surface area contributed by atoms with E-state index >= 15 is 0 Å². The summed E-state index contributed by atoms with van der Waals surface area (Å²) in [6.07, 6.45) is 10.4. The van der Waals surface area contributed by atoms with Gasteiger partial charge in [0.05, 0.1) is 0 Å². The molecule has 14 heteroatoms. The summed E-state index contributed by atoms with van der Waals surface area (Å²) in [7, 11) is 0.